The van der Waals surface area contributed by atoms with Gasteiger partial charge in [-0.2, -0.15) is 5.10 Å². The number of nitro groups is 1. The third kappa shape index (κ3) is 3.60. The minimum Gasteiger partial charge on any atom is -0.262 e. The van der Waals surface area contributed by atoms with E-state index in [4.69, 9.17) is 4.98 Å². The van der Waals surface area contributed by atoms with E-state index >= 15 is 0 Å². The lowest BCUT2D eigenvalue weighted by molar-refractivity contribution is -0.386. The predicted octanol–water partition coefficient (Wildman–Crippen LogP) is 4.84. The largest absolute Gasteiger partial charge is 0.312 e. The zero-order chi connectivity index (χ0) is 23.5. The molecule has 0 amide bonds. The minimum atomic E-state index is -0.369. The Kier molecular flexibility index (Phi) is 5.23. The molecule has 5 rings (SSSR count). The van der Waals surface area contributed by atoms with Crippen LogP contribution in [-0.4, -0.2) is 34.3 Å². The van der Waals surface area contributed by atoms with Crippen LogP contribution in [0.15, 0.2) is 6.33 Å². The van der Waals surface area contributed by atoms with Gasteiger partial charge in [-0.25, -0.2) is 14.5 Å². The first-order valence-electron chi connectivity index (χ1n) is 11.5. The number of nitrogens with zero attached hydrogens (tertiary/aromatic N) is 7. The maximum atomic E-state index is 11.3. The van der Waals surface area contributed by atoms with Crippen LogP contribution in [0.25, 0.3) is 15.9 Å². The van der Waals surface area contributed by atoms with E-state index in [2.05, 4.69) is 36.0 Å². The topological polar surface area (TPSA) is 104 Å². The summed E-state index contributed by atoms with van der Waals surface area (Å²) < 4.78 is 3.45. The van der Waals surface area contributed by atoms with Gasteiger partial charge >= 0.3 is 5.69 Å². The van der Waals surface area contributed by atoms with E-state index < -0.39 is 0 Å². The SMILES string of the molecule is CCC(C)(C)[C@H]1CCc2c(sc3ncn4nc(CCn5nc(C)c([N+](=O)[O-])c5C)nc4c23)C1. The van der Waals surface area contributed by atoms with Gasteiger partial charge in [0.15, 0.2) is 11.5 Å². The first-order chi connectivity index (χ1) is 15.7. The highest BCUT2D eigenvalue weighted by molar-refractivity contribution is 7.19. The molecule has 4 heterocycles. The molecule has 4 aromatic rings. The van der Waals surface area contributed by atoms with Gasteiger partial charge in [-0.3, -0.25) is 14.8 Å². The van der Waals surface area contributed by atoms with Crippen LogP contribution in [0.3, 0.4) is 0 Å². The molecule has 1 aliphatic rings. The van der Waals surface area contributed by atoms with Gasteiger partial charge in [0.2, 0.25) is 0 Å². The van der Waals surface area contributed by atoms with E-state index in [-0.39, 0.29) is 10.6 Å². The highest BCUT2D eigenvalue weighted by atomic mass is 32.1. The molecule has 0 saturated heterocycles. The van der Waals surface area contributed by atoms with Crippen LogP contribution < -0.4 is 0 Å². The molecule has 0 radical (unpaired) electrons. The molecule has 0 aliphatic heterocycles. The molecule has 33 heavy (non-hydrogen) atoms. The molecule has 174 valence electrons. The monoisotopic (exact) mass is 467 g/mol. The highest BCUT2D eigenvalue weighted by Crippen LogP contribution is 2.44. The van der Waals surface area contributed by atoms with Gasteiger partial charge in [0.25, 0.3) is 0 Å². The second-order valence-electron chi connectivity index (χ2n) is 9.76. The van der Waals surface area contributed by atoms with E-state index in [1.54, 1.807) is 40.7 Å². The van der Waals surface area contributed by atoms with E-state index in [0.717, 1.165) is 28.7 Å². The fourth-order valence-electron chi connectivity index (χ4n) is 5.06. The minimum absolute atomic E-state index is 0.0818. The maximum Gasteiger partial charge on any atom is 0.312 e. The number of thiophene rings is 1. The Labute approximate surface area is 196 Å². The van der Waals surface area contributed by atoms with Crippen molar-refractivity contribution in [3.63, 3.8) is 0 Å². The van der Waals surface area contributed by atoms with E-state index in [0.29, 0.717) is 41.5 Å². The Balaban J connectivity index is 1.45. The summed E-state index contributed by atoms with van der Waals surface area (Å²) in [5.41, 5.74) is 3.67. The van der Waals surface area contributed by atoms with Gasteiger partial charge in [0.1, 0.15) is 22.5 Å². The van der Waals surface area contributed by atoms with Gasteiger partial charge in [-0.05, 0) is 50.0 Å². The number of aromatic nitrogens is 6. The van der Waals surface area contributed by atoms with Crippen molar-refractivity contribution in [2.75, 3.05) is 0 Å². The molecule has 0 spiro atoms. The summed E-state index contributed by atoms with van der Waals surface area (Å²) in [5.74, 6) is 1.39. The lowest BCUT2D eigenvalue weighted by Gasteiger charge is -2.36. The third-order valence-electron chi connectivity index (χ3n) is 7.52. The van der Waals surface area contributed by atoms with E-state index in [1.807, 2.05) is 0 Å². The second-order valence-corrected chi connectivity index (χ2v) is 10.8. The van der Waals surface area contributed by atoms with E-state index in [9.17, 15) is 10.1 Å². The number of hydrogen-bond acceptors (Lipinski definition) is 7. The Bertz CT molecular complexity index is 1380. The summed E-state index contributed by atoms with van der Waals surface area (Å²) in [6, 6.07) is 0. The standard InChI is InChI=1S/C23H29N7O2S/c1-6-23(4,5)15-7-8-16-17(11-15)33-22-19(16)21-25-18(27-29(21)12-24-22)9-10-28-14(3)20(30(31)32)13(2)26-28/h12,15H,6-11H2,1-5H3/t15-/m0/s1. The first kappa shape index (κ1) is 21.9. The van der Waals surface area contributed by atoms with Gasteiger partial charge < -0.3 is 0 Å². The molecule has 0 unspecified atom stereocenters. The predicted molar refractivity (Wildman–Crippen MR) is 128 cm³/mol. The fourth-order valence-corrected chi connectivity index (χ4v) is 6.32. The molecule has 4 aromatic heterocycles. The van der Waals surface area contributed by atoms with Crippen molar-refractivity contribution in [3.8, 4) is 0 Å². The van der Waals surface area contributed by atoms with Crippen molar-refractivity contribution in [1.82, 2.24) is 29.4 Å². The third-order valence-corrected chi connectivity index (χ3v) is 8.68. The summed E-state index contributed by atoms with van der Waals surface area (Å²) in [6.07, 6.45) is 6.84. The molecular formula is C23H29N7O2S. The second kappa shape index (κ2) is 7.86. The van der Waals surface area contributed by atoms with Crippen molar-refractivity contribution in [2.24, 2.45) is 11.3 Å². The number of rotatable bonds is 6. The molecule has 10 heteroatoms. The zero-order valence-corrected chi connectivity index (χ0v) is 20.6. The van der Waals surface area contributed by atoms with Crippen LogP contribution in [0.4, 0.5) is 5.69 Å². The summed E-state index contributed by atoms with van der Waals surface area (Å²) in [4.78, 5) is 22.9. The summed E-state index contributed by atoms with van der Waals surface area (Å²) in [7, 11) is 0. The quantitative estimate of drug-likeness (QED) is 0.297. The van der Waals surface area contributed by atoms with Crippen LogP contribution in [0.2, 0.25) is 0 Å². The molecular weight excluding hydrogens is 438 g/mol. The van der Waals surface area contributed by atoms with Crippen molar-refractivity contribution < 1.29 is 4.92 Å². The van der Waals surface area contributed by atoms with Crippen molar-refractivity contribution >= 4 is 32.9 Å². The van der Waals surface area contributed by atoms with E-state index in [1.165, 1.54) is 23.3 Å². The zero-order valence-electron chi connectivity index (χ0n) is 19.8. The average molecular weight is 468 g/mol. The lowest BCUT2D eigenvalue weighted by Crippen LogP contribution is -2.28. The van der Waals surface area contributed by atoms with Gasteiger partial charge in [-0.15, -0.1) is 16.4 Å². The fraction of sp³-hybridized carbons (Fsp3) is 0.565. The van der Waals surface area contributed by atoms with Crippen molar-refractivity contribution in [2.45, 2.75) is 73.3 Å². The Hall–Kier alpha value is -2.88. The smallest absolute Gasteiger partial charge is 0.262 e. The normalized spacial score (nSPS) is 16.6. The van der Waals surface area contributed by atoms with Crippen molar-refractivity contribution in [3.05, 3.63) is 44.1 Å². The molecule has 0 bridgehead atoms. The Morgan fingerprint density at radius 2 is 2.09 bits per heavy atom. The van der Waals surface area contributed by atoms with Crippen LogP contribution in [0.5, 0.6) is 0 Å². The summed E-state index contributed by atoms with van der Waals surface area (Å²) >= 11 is 1.80. The van der Waals surface area contributed by atoms with Crippen LogP contribution in [-0.2, 0) is 25.8 Å². The lowest BCUT2D eigenvalue weighted by atomic mass is 9.70. The van der Waals surface area contributed by atoms with Gasteiger partial charge in [0.05, 0.1) is 10.3 Å². The summed E-state index contributed by atoms with van der Waals surface area (Å²) in [6.45, 7) is 10.9. The Morgan fingerprint density at radius 3 is 2.79 bits per heavy atom. The highest BCUT2D eigenvalue weighted by Gasteiger charge is 2.33. The van der Waals surface area contributed by atoms with Crippen molar-refractivity contribution in [1.29, 1.82) is 0 Å². The van der Waals surface area contributed by atoms with Crippen LogP contribution in [0, 0.1) is 35.3 Å². The van der Waals surface area contributed by atoms with Crippen LogP contribution >= 0.6 is 11.3 Å². The number of fused-ring (bicyclic) bond motifs is 5. The van der Waals surface area contributed by atoms with Gasteiger partial charge in [0, 0.05) is 17.8 Å². The molecule has 0 saturated carbocycles. The molecule has 1 atom stereocenters. The average Bonchev–Trinajstić information content (AvgIpc) is 3.43. The molecule has 0 fully saturated rings. The molecule has 0 aromatic carbocycles. The number of hydrogen-bond donors (Lipinski definition) is 0. The first-order valence-corrected chi connectivity index (χ1v) is 12.3. The van der Waals surface area contributed by atoms with Crippen LogP contribution in [0.1, 0.15) is 61.3 Å². The molecule has 9 nitrogen and oxygen atoms in total. The summed E-state index contributed by atoms with van der Waals surface area (Å²) in [5, 5.41) is 21.4. The molecule has 1 aliphatic carbocycles. The maximum absolute atomic E-state index is 11.3. The number of aryl methyl sites for hydroxylation is 4. The van der Waals surface area contributed by atoms with Gasteiger partial charge in [-0.1, -0.05) is 27.2 Å². The Morgan fingerprint density at radius 1 is 1.30 bits per heavy atom. The molecule has 0 N–H and O–H groups in total.